The summed E-state index contributed by atoms with van der Waals surface area (Å²) < 4.78 is 23.3. The summed E-state index contributed by atoms with van der Waals surface area (Å²) >= 11 is 0. The largest absolute Gasteiger partial charge is 0.422 e. The fourth-order valence-corrected chi connectivity index (χ4v) is 5.35. The van der Waals surface area contributed by atoms with Crippen LogP contribution in [0.1, 0.15) is 26.7 Å². The van der Waals surface area contributed by atoms with Crippen LogP contribution in [0.5, 0.6) is 5.75 Å². The lowest BCUT2D eigenvalue weighted by Gasteiger charge is -2.22. The second kappa shape index (κ2) is 4.93. The van der Waals surface area contributed by atoms with Crippen molar-refractivity contribution in [1.82, 2.24) is 9.34 Å². The zero-order valence-corrected chi connectivity index (χ0v) is 12.4. The van der Waals surface area contributed by atoms with E-state index in [4.69, 9.17) is 4.52 Å². The van der Waals surface area contributed by atoms with Gasteiger partial charge >= 0.3 is 7.67 Å². The molecule has 0 aliphatic carbocycles. The second-order valence-electron chi connectivity index (χ2n) is 5.26. The van der Waals surface area contributed by atoms with Crippen LogP contribution in [-0.2, 0) is 4.57 Å². The molecule has 1 aromatic carbocycles. The summed E-state index contributed by atoms with van der Waals surface area (Å²) in [4.78, 5) is 0. The van der Waals surface area contributed by atoms with E-state index in [0.29, 0.717) is 17.8 Å². The smallest absolute Gasteiger partial charge is 0.396 e. The van der Waals surface area contributed by atoms with Gasteiger partial charge in [-0.05, 0) is 25.0 Å². The van der Waals surface area contributed by atoms with Gasteiger partial charge in [0.2, 0.25) is 0 Å². The molecule has 0 saturated carbocycles. The standard InChI is InChI=1S/C14H21N2O2P/c1-3-12-10-15(12)19(17,16-11-13(16)4-2)18-14-8-6-5-7-9-14/h5-9,12-13H,3-4,10-11H2,1-2H3/t12-,13-,15?,16?,19?/m1/s1. The lowest BCUT2D eigenvalue weighted by molar-refractivity contribution is 0.395. The molecule has 2 unspecified atom stereocenters. The summed E-state index contributed by atoms with van der Waals surface area (Å²) in [6, 6.07) is 10.4. The third-order valence-corrected chi connectivity index (χ3v) is 6.66. The molecule has 2 heterocycles. The van der Waals surface area contributed by atoms with Crippen molar-refractivity contribution in [2.45, 2.75) is 38.8 Å². The highest BCUT2D eigenvalue weighted by atomic mass is 31.2. The lowest BCUT2D eigenvalue weighted by atomic mass is 10.3. The average molecular weight is 280 g/mol. The van der Waals surface area contributed by atoms with Crippen molar-refractivity contribution in [3.63, 3.8) is 0 Å². The molecule has 2 aliphatic rings. The highest BCUT2D eigenvalue weighted by molar-refractivity contribution is 7.55. The topological polar surface area (TPSA) is 32.3 Å². The number of hydrogen-bond acceptors (Lipinski definition) is 2. The van der Waals surface area contributed by atoms with Gasteiger partial charge < -0.3 is 4.52 Å². The van der Waals surface area contributed by atoms with Gasteiger partial charge in [0, 0.05) is 25.2 Å². The summed E-state index contributed by atoms with van der Waals surface area (Å²) in [5.74, 6) is 0.703. The highest BCUT2D eigenvalue weighted by Gasteiger charge is 2.58. The zero-order chi connectivity index (χ0) is 13.5. The van der Waals surface area contributed by atoms with Crippen LogP contribution >= 0.6 is 7.67 Å². The van der Waals surface area contributed by atoms with Crippen LogP contribution in [0.2, 0.25) is 0 Å². The van der Waals surface area contributed by atoms with Gasteiger partial charge in [0.1, 0.15) is 5.75 Å². The van der Waals surface area contributed by atoms with Crippen molar-refractivity contribution in [1.29, 1.82) is 0 Å². The summed E-state index contributed by atoms with van der Waals surface area (Å²) in [6.07, 6.45) is 2.07. The molecule has 2 aliphatic heterocycles. The van der Waals surface area contributed by atoms with Crippen LogP contribution in [0.15, 0.2) is 30.3 Å². The number of hydrogen-bond donors (Lipinski definition) is 0. The van der Waals surface area contributed by atoms with Crippen molar-refractivity contribution < 1.29 is 9.09 Å². The Bertz CT molecular complexity index is 471. The molecule has 5 heteroatoms. The number of rotatable bonds is 6. The van der Waals surface area contributed by atoms with Crippen LogP contribution in [0, 0.1) is 0 Å². The Morgan fingerprint density at radius 3 is 2.05 bits per heavy atom. The zero-order valence-electron chi connectivity index (χ0n) is 11.5. The van der Waals surface area contributed by atoms with E-state index in [1.807, 2.05) is 39.7 Å². The van der Waals surface area contributed by atoms with Gasteiger partial charge in [0.05, 0.1) is 0 Å². The average Bonchev–Trinajstić information content (AvgIpc) is 3.31. The van der Waals surface area contributed by atoms with E-state index in [0.717, 1.165) is 25.9 Å². The van der Waals surface area contributed by atoms with Gasteiger partial charge in [-0.2, -0.15) is 0 Å². The second-order valence-corrected chi connectivity index (χ2v) is 7.45. The minimum Gasteiger partial charge on any atom is -0.422 e. The van der Waals surface area contributed by atoms with Crippen LogP contribution in [0.4, 0.5) is 0 Å². The minimum absolute atomic E-state index is 0.424. The molecule has 0 N–H and O–H groups in total. The summed E-state index contributed by atoms with van der Waals surface area (Å²) in [5, 5.41) is 0. The summed E-state index contributed by atoms with van der Waals surface area (Å²) in [6.45, 7) is 6.06. The van der Waals surface area contributed by atoms with Crippen molar-refractivity contribution in [2.75, 3.05) is 13.1 Å². The molecule has 4 nitrogen and oxygen atoms in total. The molecule has 0 aromatic heterocycles. The summed E-state index contributed by atoms with van der Waals surface area (Å²) in [7, 11) is -2.84. The molecule has 0 radical (unpaired) electrons. The first-order valence-electron chi connectivity index (χ1n) is 7.08. The normalized spacial score (nSPS) is 35.5. The Kier molecular flexibility index (Phi) is 3.42. The van der Waals surface area contributed by atoms with Crippen molar-refractivity contribution in [3.05, 3.63) is 30.3 Å². The number of nitrogens with zero attached hydrogens (tertiary/aromatic N) is 2. The fourth-order valence-electron chi connectivity index (χ4n) is 2.51. The van der Waals surface area contributed by atoms with Gasteiger partial charge in [-0.1, -0.05) is 32.0 Å². The molecule has 2 fully saturated rings. The monoisotopic (exact) mass is 280 g/mol. The van der Waals surface area contributed by atoms with E-state index in [1.54, 1.807) is 0 Å². The van der Waals surface area contributed by atoms with Gasteiger partial charge in [-0.3, -0.25) is 0 Å². The van der Waals surface area contributed by atoms with Crippen LogP contribution in [0.25, 0.3) is 0 Å². The molecule has 4 atom stereocenters. The first-order chi connectivity index (χ1) is 9.19. The third-order valence-electron chi connectivity index (χ3n) is 3.93. The first-order valence-corrected chi connectivity index (χ1v) is 8.61. The quantitative estimate of drug-likeness (QED) is 0.591. The minimum atomic E-state index is -2.84. The Morgan fingerprint density at radius 2 is 1.63 bits per heavy atom. The van der Waals surface area contributed by atoms with E-state index in [9.17, 15) is 4.57 Å². The van der Waals surface area contributed by atoms with Crippen molar-refractivity contribution >= 4 is 7.67 Å². The molecule has 3 rings (SSSR count). The maximum atomic E-state index is 13.3. The van der Waals surface area contributed by atoms with Crippen LogP contribution in [-0.4, -0.2) is 34.5 Å². The third kappa shape index (κ3) is 2.45. The van der Waals surface area contributed by atoms with Crippen molar-refractivity contribution in [2.24, 2.45) is 0 Å². The molecule has 0 spiro atoms. The molecular formula is C14H21N2O2P. The molecule has 19 heavy (non-hydrogen) atoms. The SMILES string of the molecule is CC[C@@H]1CN1P(=O)(Oc1ccccc1)N1C[C@H]1CC. The van der Waals surface area contributed by atoms with Gasteiger partial charge in [0.15, 0.2) is 0 Å². The Labute approximate surface area is 114 Å². The van der Waals surface area contributed by atoms with E-state index in [2.05, 4.69) is 13.8 Å². The first kappa shape index (κ1) is 13.2. The highest BCUT2D eigenvalue weighted by Crippen LogP contribution is 2.65. The Hall–Kier alpha value is -0.830. The van der Waals surface area contributed by atoms with Gasteiger partial charge in [-0.15, -0.1) is 0 Å². The van der Waals surface area contributed by atoms with E-state index >= 15 is 0 Å². The van der Waals surface area contributed by atoms with E-state index in [1.165, 1.54) is 0 Å². The van der Waals surface area contributed by atoms with Crippen LogP contribution < -0.4 is 4.52 Å². The maximum absolute atomic E-state index is 13.3. The Morgan fingerprint density at radius 1 is 1.11 bits per heavy atom. The lowest BCUT2D eigenvalue weighted by Crippen LogP contribution is -2.14. The predicted molar refractivity (Wildman–Crippen MR) is 76.2 cm³/mol. The number of benzene rings is 1. The number of para-hydroxylation sites is 1. The van der Waals surface area contributed by atoms with E-state index < -0.39 is 7.67 Å². The molecular weight excluding hydrogens is 259 g/mol. The maximum Gasteiger partial charge on any atom is 0.396 e. The molecule has 0 amide bonds. The molecule has 1 aromatic rings. The van der Waals surface area contributed by atoms with Gasteiger partial charge in [-0.25, -0.2) is 13.9 Å². The summed E-state index contributed by atoms with van der Waals surface area (Å²) in [5.41, 5.74) is 0. The molecule has 0 bridgehead atoms. The van der Waals surface area contributed by atoms with Gasteiger partial charge in [0.25, 0.3) is 0 Å². The Balaban J connectivity index is 1.80. The molecule has 104 valence electrons. The van der Waals surface area contributed by atoms with Crippen LogP contribution in [0.3, 0.4) is 0 Å². The predicted octanol–water partition coefficient (Wildman–Crippen LogP) is 3.36. The van der Waals surface area contributed by atoms with Crippen molar-refractivity contribution in [3.8, 4) is 5.75 Å². The van der Waals surface area contributed by atoms with E-state index in [-0.39, 0.29) is 0 Å². The molecule has 2 saturated heterocycles. The fraction of sp³-hybridized carbons (Fsp3) is 0.571.